The van der Waals surface area contributed by atoms with Crippen molar-refractivity contribution in [2.24, 2.45) is 17.3 Å². The largest absolute Gasteiger partial charge is 0.550 e. The Kier molecular flexibility index (Phi) is 5.50. The quantitative estimate of drug-likeness (QED) is 0.569. The normalized spacial score (nSPS) is 26.8. The molecule has 23 heavy (non-hydrogen) atoms. The van der Waals surface area contributed by atoms with E-state index < -0.39 is 17.8 Å². The topological polar surface area (TPSA) is 70.9 Å². The first kappa shape index (κ1) is 18.0. The molecule has 5 heteroatoms. The summed E-state index contributed by atoms with van der Waals surface area (Å²) in [6, 6.07) is 0. The van der Waals surface area contributed by atoms with Crippen molar-refractivity contribution in [3.05, 3.63) is 11.1 Å². The molecule has 0 radical (unpaired) electrons. The van der Waals surface area contributed by atoms with E-state index in [1.54, 1.807) is 0 Å². The van der Waals surface area contributed by atoms with Gasteiger partial charge in [0.15, 0.2) is 0 Å². The highest BCUT2D eigenvalue weighted by Crippen LogP contribution is 2.49. The van der Waals surface area contributed by atoms with Crippen molar-refractivity contribution in [1.82, 2.24) is 0 Å². The van der Waals surface area contributed by atoms with Gasteiger partial charge in [0, 0.05) is 11.9 Å². The van der Waals surface area contributed by atoms with Crippen molar-refractivity contribution in [2.75, 3.05) is 27.2 Å². The number of quaternary nitrogens is 1. The number of aliphatic carboxylic acids is 1. The number of carbonyl (C=O) groups is 2. The van der Waals surface area contributed by atoms with Gasteiger partial charge in [-0.15, -0.1) is 0 Å². The summed E-state index contributed by atoms with van der Waals surface area (Å²) >= 11 is 0. The maximum atomic E-state index is 12.4. The summed E-state index contributed by atoms with van der Waals surface area (Å²) in [5.41, 5.74) is 2.57. The molecule has 0 spiro atoms. The van der Waals surface area contributed by atoms with E-state index in [-0.39, 0.29) is 11.4 Å². The van der Waals surface area contributed by atoms with Gasteiger partial charge in [-0.05, 0) is 37.5 Å². The van der Waals surface area contributed by atoms with Crippen LogP contribution in [0.25, 0.3) is 0 Å². The highest BCUT2D eigenvalue weighted by atomic mass is 16.5. The monoisotopic (exact) mass is 323 g/mol. The molecule has 2 atom stereocenters. The molecule has 0 bridgehead atoms. The van der Waals surface area contributed by atoms with Crippen LogP contribution in [0.5, 0.6) is 0 Å². The van der Waals surface area contributed by atoms with Gasteiger partial charge in [0.05, 0.1) is 20.0 Å². The highest BCUT2D eigenvalue weighted by Gasteiger charge is 2.42. The molecular weight excluding hydrogens is 294 g/mol. The second kappa shape index (κ2) is 7.04. The summed E-state index contributed by atoms with van der Waals surface area (Å²) in [5, 5.41) is 11.5. The number of rotatable bonds is 5. The maximum absolute atomic E-state index is 12.4. The van der Waals surface area contributed by atoms with E-state index in [2.05, 4.69) is 13.8 Å². The zero-order chi connectivity index (χ0) is 17.2. The molecule has 0 amide bonds. The van der Waals surface area contributed by atoms with E-state index in [4.69, 9.17) is 4.74 Å². The Balaban J connectivity index is 2.15. The van der Waals surface area contributed by atoms with Crippen LogP contribution in [-0.4, -0.2) is 39.2 Å². The second-order valence-corrected chi connectivity index (χ2v) is 7.88. The van der Waals surface area contributed by atoms with Gasteiger partial charge >= 0.3 is 5.97 Å². The van der Waals surface area contributed by atoms with Gasteiger partial charge in [-0.25, -0.2) is 0 Å². The molecule has 0 unspecified atom stereocenters. The summed E-state index contributed by atoms with van der Waals surface area (Å²) < 4.78 is 5.35. The third-order valence-electron chi connectivity index (χ3n) is 5.35. The number of hydrogen-bond acceptors (Lipinski definition) is 4. The number of carboxylic acid groups (broad SMARTS) is 1. The zero-order valence-electron chi connectivity index (χ0n) is 14.7. The number of hydrogen-bond donors (Lipinski definition) is 1. The fourth-order valence-corrected chi connectivity index (χ4v) is 3.90. The van der Waals surface area contributed by atoms with Crippen LogP contribution in [0.15, 0.2) is 11.1 Å². The van der Waals surface area contributed by atoms with E-state index in [9.17, 15) is 14.7 Å². The molecular formula is C18H29NO4. The Bertz CT molecular complexity index is 507. The van der Waals surface area contributed by atoms with E-state index in [1.807, 2.05) is 14.1 Å². The molecule has 0 aliphatic heterocycles. The van der Waals surface area contributed by atoms with Gasteiger partial charge in [0.1, 0.15) is 13.2 Å². The molecule has 0 aromatic rings. The molecule has 0 aromatic carbocycles. The smallest absolute Gasteiger partial charge is 0.310 e. The van der Waals surface area contributed by atoms with Gasteiger partial charge in [-0.2, -0.15) is 0 Å². The van der Waals surface area contributed by atoms with Crippen LogP contribution in [0, 0.1) is 17.3 Å². The molecule has 0 fully saturated rings. The van der Waals surface area contributed by atoms with Crippen LogP contribution in [0.1, 0.15) is 46.0 Å². The standard InChI is InChI=1S/C18H29NO4/c1-18(2)7-5-6-12-10-13(16(20)21)14(11-15(12)18)17(22)23-9-8-19(3)4/h13-14H,5-11H2,1-4H3,(H,20,21)/t13-,14+/m1/s1. The van der Waals surface area contributed by atoms with Crippen molar-refractivity contribution in [1.29, 1.82) is 0 Å². The molecule has 2 aliphatic carbocycles. The molecule has 0 saturated carbocycles. The molecule has 2 aliphatic rings. The van der Waals surface area contributed by atoms with E-state index in [0.29, 0.717) is 26.0 Å². The van der Waals surface area contributed by atoms with Crippen molar-refractivity contribution < 1.29 is 24.3 Å². The van der Waals surface area contributed by atoms with Crippen LogP contribution in [0.3, 0.4) is 0 Å². The molecule has 0 heterocycles. The average Bonchev–Trinajstić information content (AvgIpc) is 2.45. The fraction of sp³-hybridized carbons (Fsp3) is 0.778. The van der Waals surface area contributed by atoms with Crippen LogP contribution < -0.4 is 10.0 Å². The van der Waals surface area contributed by atoms with Gasteiger partial charge in [0.25, 0.3) is 0 Å². The van der Waals surface area contributed by atoms with Crippen molar-refractivity contribution >= 4 is 11.9 Å². The zero-order valence-corrected chi connectivity index (χ0v) is 14.7. The predicted octanol–water partition coefficient (Wildman–Crippen LogP) is -0.0431. The maximum Gasteiger partial charge on any atom is 0.310 e. The lowest BCUT2D eigenvalue weighted by Gasteiger charge is -2.43. The molecule has 0 saturated heterocycles. The number of ether oxygens (including phenoxy) is 1. The van der Waals surface area contributed by atoms with Gasteiger partial charge in [0.2, 0.25) is 0 Å². The minimum Gasteiger partial charge on any atom is -0.550 e. The van der Waals surface area contributed by atoms with E-state index in [1.165, 1.54) is 16.0 Å². The summed E-state index contributed by atoms with van der Waals surface area (Å²) in [7, 11) is 3.97. The molecule has 0 aromatic heterocycles. The first-order chi connectivity index (χ1) is 10.7. The Morgan fingerprint density at radius 3 is 2.57 bits per heavy atom. The molecule has 1 N–H and O–H groups in total. The number of carboxylic acids is 1. The van der Waals surface area contributed by atoms with Crippen LogP contribution in [-0.2, 0) is 14.3 Å². The Morgan fingerprint density at radius 1 is 1.26 bits per heavy atom. The first-order valence-corrected chi connectivity index (χ1v) is 8.60. The molecule has 5 nitrogen and oxygen atoms in total. The summed E-state index contributed by atoms with van der Waals surface area (Å²) in [6.45, 7) is 5.43. The lowest BCUT2D eigenvalue weighted by atomic mass is 9.63. The number of carbonyl (C=O) groups excluding carboxylic acids is 2. The lowest BCUT2D eigenvalue weighted by molar-refractivity contribution is -0.858. The van der Waals surface area contributed by atoms with Crippen molar-refractivity contribution in [3.63, 3.8) is 0 Å². The molecule has 2 rings (SSSR count). The SMILES string of the molecule is C[NH+](C)CCOC(=O)[C@H]1CC2=C(CCCC2(C)C)C[C@H]1C(=O)[O-]. The number of nitrogens with one attached hydrogen (secondary N) is 1. The lowest BCUT2D eigenvalue weighted by Crippen LogP contribution is -3.06. The van der Waals surface area contributed by atoms with Gasteiger partial charge < -0.3 is 19.5 Å². The summed E-state index contributed by atoms with van der Waals surface area (Å²) in [4.78, 5) is 25.2. The fourth-order valence-electron chi connectivity index (χ4n) is 3.90. The number of allylic oxidation sites excluding steroid dienone is 2. The first-order valence-electron chi connectivity index (χ1n) is 8.60. The van der Waals surface area contributed by atoms with Crippen molar-refractivity contribution in [3.8, 4) is 0 Å². The average molecular weight is 323 g/mol. The van der Waals surface area contributed by atoms with Gasteiger partial charge in [-0.1, -0.05) is 25.0 Å². The molecule has 130 valence electrons. The Labute approximate surface area is 138 Å². The summed E-state index contributed by atoms with van der Waals surface area (Å²) in [5.74, 6) is -2.86. The van der Waals surface area contributed by atoms with E-state index in [0.717, 1.165) is 19.3 Å². The predicted molar refractivity (Wildman–Crippen MR) is 84.5 cm³/mol. The van der Waals surface area contributed by atoms with E-state index >= 15 is 0 Å². The third-order valence-corrected chi connectivity index (χ3v) is 5.35. The third kappa shape index (κ3) is 4.14. The van der Waals surface area contributed by atoms with Crippen LogP contribution >= 0.6 is 0 Å². The summed E-state index contributed by atoms with van der Waals surface area (Å²) in [6.07, 6.45) is 4.09. The minimum absolute atomic E-state index is 0.0524. The Hall–Kier alpha value is -1.36. The second-order valence-electron chi connectivity index (χ2n) is 7.88. The van der Waals surface area contributed by atoms with Crippen LogP contribution in [0.2, 0.25) is 0 Å². The minimum atomic E-state index is -1.12. The van der Waals surface area contributed by atoms with Crippen LogP contribution in [0.4, 0.5) is 0 Å². The number of likely N-dealkylation sites (N-methyl/N-ethyl adjacent to an activating group) is 1. The number of esters is 1. The van der Waals surface area contributed by atoms with Crippen molar-refractivity contribution in [2.45, 2.75) is 46.0 Å². The van der Waals surface area contributed by atoms with Gasteiger partial charge in [-0.3, -0.25) is 4.79 Å². The highest BCUT2D eigenvalue weighted by molar-refractivity contribution is 5.81. The Morgan fingerprint density at radius 2 is 1.96 bits per heavy atom.